The summed E-state index contributed by atoms with van der Waals surface area (Å²) in [6, 6.07) is 7.93. The summed E-state index contributed by atoms with van der Waals surface area (Å²) >= 11 is 0. The van der Waals surface area contributed by atoms with E-state index in [9.17, 15) is 4.79 Å². The van der Waals surface area contributed by atoms with E-state index in [0.717, 1.165) is 49.1 Å². The number of hydrogen-bond donors (Lipinski definition) is 1. The number of carbonyl (C=O) groups excluding carboxylic acids is 1. The number of benzene rings is 1. The average Bonchev–Trinajstić information content (AvgIpc) is 3.19. The topological polar surface area (TPSA) is 67.3 Å². The molecule has 2 saturated heterocycles. The molecule has 1 aromatic carbocycles. The van der Waals surface area contributed by atoms with E-state index in [1.807, 2.05) is 24.3 Å². The van der Waals surface area contributed by atoms with Crippen molar-refractivity contribution < 1.29 is 9.53 Å². The van der Waals surface area contributed by atoms with Crippen LogP contribution in [0.3, 0.4) is 0 Å². The highest BCUT2D eigenvalue weighted by molar-refractivity contribution is 6.07. The molecule has 6 heteroatoms. The zero-order chi connectivity index (χ0) is 17.1. The van der Waals surface area contributed by atoms with Gasteiger partial charge >= 0.3 is 0 Å². The predicted molar refractivity (Wildman–Crippen MR) is 96.9 cm³/mol. The molecule has 0 spiro atoms. The summed E-state index contributed by atoms with van der Waals surface area (Å²) in [5.74, 6) is 0.718. The number of carbonyl (C=O) groups is 1. The molecule has 0 saturated carbocycles. The van der Waals surface area contributed by atoms with Crippen LogP contribution in [0.2, 0.25) is 0 Å². The van der Waals surface area contributed by atoms with Crippen LogP contribution in [0, 0.1) is 0 Å². The van der Waals surface area contributed by atoms with Crippen LogP contribution in [0.5, 0.6) is 0 Å². The molecule has 1 amide bonds. The van der Waals surface area contributed by atoms with Gasteiger partial charge in [0.2, 0.25) is 0 Å². The number of nitrogens with zero attached hydrogens (tertiary/aromatic N) is 3. The first-order valence-electron chi connectivity index (χ1n) is 9.23. The molecule has 2 fully saturated rings. The van der Waals surface area contributed by atoms with Crippen molar-refractivity contribution in [3.05, 3.63) is 30.0 Å². The molecule has 0 bridgehead atoms. The molecular weight excluding hydrogens is 316 g/mol. The maximum absolute atomic E-state index is 12.6. The Morgan fingerprint density at radius 3 is 2.68 bits per heavy atom. The fraction of sp³-hybridized carbons (Fsp3) is 0.526. The summed E-state index contributed by atoms with van der Waals surface area (Å²) in [5.41, 5.74) is 0.398. The lowest BCUT2D eigenvalue weighted by atomic mass is 10.1. The van der Waals surface area contributed by atoms with Crippen LogP contribution in [0.15, 0.2) is 24.3 Å². The highest BCUT2D eigenvalue weighted by atomic mass is 16.5. The average molecular weight is 340 g/mol. The Morgan fingerprint density at radius 2 is 1.92 bits per heavy atom. The van der Waals surface area contributed by atoms with E-state index >= 15 is 0 Å². The number of aromatic nitrogens is 2. The van der Waals surface area contributed by atoms with E-state index in [1.54, 1.807) is 0 Å². The molecule has 4 rings (SSSR count). The summed E-state index contributed by atoms with van der Waals surface area (Å²) in [6.45, 7) is 3.32. The Morgan fingerprint density at radius 1 is 1.12 bits per heavy atom. The molecule has 1 unspecified atom stereocenters. The second kappa shape index (κ2) is 7.35. The summed E-state index contributed by atoms with van der Waals surface area (Å²) < 4.78 is 5.57. The zero-order valence-corrected chi connectivity index (χ0v) is 14.4. The molecule has 2 aliphatic rings. The Hall–Kier alpha value is -2.21. The number of hydrogen-bond acceptors (Lipinski definition) is 5. The van der Waals surface area contributed by atoms with E-state index in [0.29, 0.717) is 12.2 Å². The Bertz CT molecular complexity index is 752. The van der Waals surface area contributed by atoms with Crippen LogP contribution >= 0.6 is 0 Å². The van der Waals surface area contributed by atoms with Gasteiger partial charge < -0.3 is 15.0 Å². The van der Waals surface area contributed by atoms with Crippen molar-refractivity contribution in [1.82, 2.24) is 15.5 Å². The number of amides is 1. The van der Waals surface area contributed by atoms with Gasteiger partial charge in [-0.2, -0.15) is 0 Å². The Kier molecular flexibility index (Phi) is 4.78. The SMILES string of the molecule is O=C(NCC1CCCO1)c1nnc(N2CCCCC2)c2ccccc12. The van der Waals surface area contributed by atoms with E-state index in [4.69, 9.17) is 4.74 Å². The van der Waals surface area contributed by atoms with Crippen LogP contribution in [-0.4, -0.2) is 48.4 Å². The normalized spacial score (nSPS) is 20.8. The fourth-order valence-corrected chi connectivity index (χ4v) is 3.69. The van der Waals surface area contributed by atoms with Gasteiger partial charge in [-0.05, 0) is 32.1 Å². The number of anilines is 1. The molecule has 2 aromatic rings. The van der Waals surface area contributed by atoms with Gasteiger partial charge in [0, 0.05) is 37.0 Å². The molecule has 132 valence electrons. The molecule has 1 N–H and O–H groups in total. The van der Waals surface area contributed by atoms with Crippen molar-refractivity contribution >= 4 is 22.5 Å². The Balaban J connectivity index is 1.60. The molecule has 1 aromatic heterocycles. The van der Waals surface area contributed by atoms with Crippen LogP contribution in [-0.2, 0) is 4.74 Å². The third-order valence-electron chi connectivity index (χ3n) is 5.05. The molecule has 0 aliphatic carbocycles. The van der Waals surface area contributed by atoms with Gasteiger partial charge in [0.15, 0.2) is 11.5 Å². The summed E-state index contributed by atoms with van der Waals surface area (Å²) in [4.78, 5) is 14.9. The Labute approximate surface area is 147 Å². The van der Waals surface area contributed by atoms with Crippen molar-refractivity contribution in [3.63, 3.8) is 0 Å². The third kappa shape index (κ3) is 3.44. The first-order chi connectivity index (χ1) is 12.3. The monoisotopic (exact) mass is 340 g/mol. The van der Waals surface area contributed by atoms with Crippen molar-refractivity contribution in [3.8, 4) is 0 Å². The highest BCUT2D eigenvalue weighted by Crippen LogP contribution is 2.27. The van der Waals surface area contributed by atoms with Crippen LogP contribution in [0.25, 0.3) is 10.8 Å². The molecule has 2 aliphatic heterocycles. The largest absolute Gasteiger partial charge is 0.376 e. The standard InChI is InChI=1S/C19H24N4O2/c24-19(20-13-14-7-6-12-25-14)17-15-8-2-3-9-16(15)18(22-21-17)23-10-4-1-5-11-23/h2-3,8-9,14H,1,4-7,10-13H2,(H,20,24). The van der Waals surface area contributed by atoms with Gasteiger partial charge in [-0.1, -0.05) is 24.3 Å². The first kappa shape index (κ1) is 16.3. The quantitative estimate of drug-likeness (QED) is 0.926. The molecule has 3 heterocycles. The number of ether oxygens (including phenoxy) is 1. The van der Waals surface area contributed by atoms with Gasteiger partial charge in [0.05, 0.1) is 6.10 Å². The second-order valence-electron chi connectivity index (χ2n) is 6.81. The van der Waals surface area contributed by atoms with E-state index in [2.05, 4.69) is 20.4 Å². The smallest absolute Gasteiger partial charge is 0.272 e. The van der Waals surface area contributed by atoms with Crippen molar-refractivity contribution in [2.75, 3.05) is 31.1 Å². The molecular formula is C19H24N4O2. The lowest BCUT2D eigenvalue weighted by Crippen LogP contribution is -2.33. The maximum Gasteiger partial charge on any atom is 0.272 e. The minimum Gasteiger partial charge on any atom is -0.376 e. The van der Waals surface area contributed by atoms with Gasteiger partial charge in [-0.25, -0.2) is 0 Å². The minimum absolute atomic E-state index is 0.121. The van der Waals surface area contributed by atoms with Crippen LogP contribution in [0.4, 0.5) is 5.82 Å². The zero-order valence-electron chi connectivity index (χ0n) is 14.4. The van der Waals surface area contributed by atoms with Gasteiger partial charge in [-0.3, -0.25) is 4.79 Å². The number of fused-ring (bicyclic) bond motifs is 1. The van der Waals surface area contributed by atoms with Crippen molar-refractivity contribution in [2.24, 2.45) is 0 Å². The van der Waals surface area contributed by atoms with Crippen LogP contribution < -0.4 is 10.2 Å². The highest BCUT2D eigenvalue weighted by Gasteiger charge is 2.21. The maximum atomic E-state index is 12.6. The molecule has 0 radical (unpaired) electrons. The fourth-order valence-electron chi connectivity index (χ4n) is 3.69. The molecule has 25 heavy (non-hydrogen) atoms. The van der Waals surface area contributed by atoms with Crippen molar-refractivity contribution in [2.45, 2.75) is 38.2 Å². The number of rotatable bonds is 4. The minimum atomic E-state index is -0.176. The number of nitrogens with one attached hydrogen (secondary N) is 1. The first-order valence-corrected chi connectivity index (χ1v) is 9.23. The third-order valence-corrected chi connectivity index (χ3v) is 5.05. The number of piperidine rings is 1. The second-order valence-corrected chi connectivity index (χ2v) is 6.81. The lowest BCUT2D eigenvalue weighted by molar-refractivity contribution is 0.0854. The predicted octanol–water partition coefficient (Wildman–Crippen LogP) is 2.53. The van der Waals surface area contributed by atoms with E-state index < -0.39 is 0 Å². The lowest BCUT2D eigenvalue weighted by Gasteiger charge is -2.28. The van der Waals surface area contributed by atoms with Gasteiger partial charge in [0.1, 0.15) is 0 Å². The molecule has 6 nitrogen and oxygen atoms in total. The summed E-state index contributed by atoms with van der Waals surface area (Å²) in [6.07, 6.45) is 5.81. The molecule has 1 atom stereocenters. The van der Waals surface area contributed by atoms with Gasteiger partial charge in [-0.15, -0.1) is 10.2 Å². The summed E-state index contributed by atoms with van der Waals surface area (Å²) in [5, 5.41) is 13.5. The van der Waals surface area contributed by atoms with Gasteiger partial charge in [0.25, 0.3) is 5.91 Å². The van der Waals surface area contributed by atoms with E-state index in [-0.39, 0.29) is 12.0 Å². The van der Waals surface area contributed by atoms with Crippen LogP contribution in [0.1, 0.15) is 42.6 Å². The van der Waals surface area contributed by atoms with E-state index in [1.165, 1.54) is 19.3 Å². The van der Waals surface area contributed by atoms with Crippen molar-refractivity contribution in [1.29, 1.82) is 0 Å². The summed E-state index contributed by atoms with van der Waals surface area (Å²) in [7, 11) is 0.